The largest absolute Gasteiger partial charge is 0.481 e. The molecule has 8 nitrogen and oxygen atoms in total. The topological polar surface area (TPSA) is 127 Å². The van der Waals surface area contributed by atoms with Gasteiger partial charge >= 0.3 is 5.97 Å². The first-order valence-corrected chi connectivity index (χ1v) is 7.17. The van der Waals surface area contributed by atoms with Crippen LogP contribution in [0.5, 0.6) is 0 Å². The third-order valence-corrected chi connectivity index (χ3v) is 4.11. The molecule has 20 heavy (non-hydrogen) atoms. The highest BCUT2D eigenvalue weighted by Gasteiger charge is 2.27. The van der Waals surface area contributed by atoms with E-state index < -0.39 is 37.4 Å². The van der Waals surface area contributed by atoms with Gasteiger partial charge in [-0.2, -0.15) is 0 Å². The van der Waals surface area contributed by atoms with Crippen molar-refractivity contribution in [3.05, 3.63) is 33.3 Å². The number of aliphatic carboxylic acids is 1. The number of carbonyl (C=O) groups is 1. The van der Waals surface area contributed by atoms with Crippen LogP contribution in [0.25, 0.3) is 0 Å². The molecule has 0 saturated carbocycles. The van der Waals surface area contributed by atoms with Gasteiger partial charge in [-0.3, -0.25) is 14.9 Å². The number of hydrogen-bond acceptors (Lipinski definition) is 5. The number of rotatable bonds is 6. The molecule has 110 valence electrons. The molecule has 0 fully saturated rings. The van der Waals surface area contributed by atoms with Crippen molar-refractivity contribution >= 4 is 33.3 Å². The SMILES string of the molecule is CC(CNS(=O)(=O)c1ccc(Cl)cc1[N+](=O)[O-])C(=O)O. The summed E-state index contributed by atoms with van der Waals surface area (Å²) in [6.07, 6.45) is 0. The Kier molecular flexibility index (Phi) is 5.03. The fourth-order valence-corrected chi connectivity index (χ4v) is 2.71. The number of benzene rings is 1. The molecule has 1 unspecified atom stereocenters. The molecule has 0 bridgehead atoms. The van der Waals surface area contributed by atoms with Crippen molar-refractivity contribution < 1.29 is 23.2 Å². The summed E-state index contributed by atoms with van der Waals surface area (Å²) in [7, 11) is -4.19. The molecule has 1 rings (SSSR count). The van der Waals surface area contributed by atoms with Crippen LogP contribution >= 0.6 is 11.6 Å². The van der Waals surface area contributed by atoms with Gasteiger partial charge in [-0.15, -0.1) is 0 Å². The number of nitrogens with one attached hydrogen (secondary N) is 1. The Morgan fingerprint density at radius 2 is 2.15 bits per heavy atom. The molecule has 0 aliphatic heterocycles. The summed E-state index contributed by atoms with van der Waals surface area (Å²) in [5.41, 5.74) is -0.673. The zero-order valence-electron chi connectivity index (χ0n) is 10.2. The Bertz CT molecular complexity index is 645. The van der Waals surface area contributed by atoms with Gasteiger partial charge in [0.2, 0.25) is 10.0 Å². The van der Waals surface area contributed by atoms with Crippen molar-refractivity contribution in [2.45, 2.75) is 11.8 Å². The second-order valence-corrected chi connectivity index (χ2v) is 6.13. The van der Waals surface area contributed by atoms with Gasteiger partial charge in [0.25, 0.3) is 5.69 Å². The Morgan fingerprint density at radius 1 is 1.55 bits per heavy atom. The Labute approximate surface area is 119 Å². The molecule has 0 radical (unpaired) electrons. The molecule has 0 spiro atoms. The van der Waals surface area contributed by atoms with E-state index >= 15 is 0 Å². The van der Waals surface area contributed by atoms with E-state index in [-0.39, 0.29) is 11.6 Å². The number of carboxylic acid groups (broad SMARTS) is 1. The van der Waals surface area contributed by atoms with Gasteiger partial charge in [-0.05, 0) is 12.1 Å². The van der Waals surface area contributed by atoms with E-state index in [0.717, 1.165) is 12.1 Å². The quantitative estimate of drug-likeness (QED) is 0.599. The zero-order valence-corrected chi connectivity index (χ0v) is 11.8. The van der Waals surface area contributed by atoms with Crippen LogP contribution in [-0.2, 0) is 14.8 Å². The van der Waals surface area contributed by atoms with Crippen molar-refractivity contribution in [2.24, 2.45) is 5.92 Å². The first kappa shape index (κ1) is 16.3. The Hall–Kier alpha value is -1.71. The lowest BCUT2D eigenvalue weighted by molar-refractivity contribution is -0.387. The number of carboxylic acids is 1. The summed E-state index contributed by atoms with van der Waals surface area (Å²) in [6, 6.07) is 3.11. The number of nitrogens with zero attached hydrogens (tertiary/aromatic N) is 1. The van der Waals surface area contributed by atoms with Crippen LogP contribution in [0.2, 0.25) is 5.02 Å². The molecule has 0 aliphatic carbocycles. The third kappa shape index (κ3) is 3.89. The predicted molar refractivity (Wildman–Crippen MR) is 70.1 cm³/mol. The van der Waals surface area contributed by atoms with E-state index in [0.29, 0.717) is 0 Å². The Balaban J connectivity index is 3.10. The molecule has 2 N–H and O–H groups in total. The highest BCUT2D eigenvalue weighted by molar-refractivity contribution is 7.89. The minimum Gasteiger partial charge on any atom is -0.481 e. The van der Waals surface area contributed by atoms with Crippen molar-refractivity contribution in [3.8, 4) is 0 Å². The minimum absolute atomic E-state index is 0.0227. The van der Waals surface area contributed by atoms with Gasteiger partial charge in [0.15, 0.2) is 4.90 Å². The molecule has 0 amide bonds. The van der Waals surface area contributed by atoms with Gasteiger partial charge in [-0.1, -0.05) is 18.5 Å². The average Bonchev–Trinajstić information content (AvgIpc) is 2.35. The van der Waals surface area contributed by atoms with E-state index in [4.69, 9.17) is 16.7 Å². The first-order chi connectivity index (χ1) is 9.15. The summed E-state index contributed by atoms with van der Waals surface area (Å²) in [4.78, 5) is 20.0. The monoisotopic (exact) mass is 322 g/mol. The molecule has 1 aromatic carbocycles. The molecule has 1 aromatic rings. The summed E-state index contributed by atoms with van der Waals surface area (Å²) < 4.78 is 25.9. The normalized spacial score (nSPS) is 12.9. The number of nitro benzene ring substituents is 1. The lowest BCUT2D eigenvalue weighted by Crippen LogP contribution is -2.31. The van der Waals surface area contributed by atoms with Crippen molar-refractivity contribution in [1.82, 2.24) is 4.72 Å². The van der Waals surface area contributed by atoms with Crippen LogP contribution in [0, 0.1) is 16.0 Å². The van der Waals surface area contributed by atoms with E-state index in [1.807, 2.05) is 4.72 Å². The second-order valence-electron chi connectivity index (χ2n) is 3.96. The summed E-state index contributed by atoms with van der Waals surface area (Å²) >= 11 is 5.58. The standard InChI is InChI=1S/C10H11ClN2O6S/c1-6(10(14)15)5-12-20(18,19)9-3-2-7(11)4-8(9)13(16)17/h2-4,6,12H,5H2,1H3,(H,14,15). The lowest BCUT2D eigenvalue weighted by atomic mass is 10.2. The van der Waals surface area contributed by atoms with Gasteiger partial charge in [0.05, 0.1) is 10.8 Å². The second kappa shape index (κ2) is 6.16. The maximum Gasteiger partial charge on any atom is 0.307 e. The van der Waals surface area contributed by atoms with E-state index in [9.17, 15) is 23.3 Å². The van der Waals surface area contributed by atoms with E-state index in [1.165, 1.54) is 13.0 Å². The van der Waals surface area contributed by atoms with Crippen LogP contribution in [0.15, 0.2) is 23.1 Å². The summed E-state index contributed by atoms with van der Waals surface area (Å²) in [5, 5.41) is 19.5. The van der Waals surface area contributed by atoms with Crippen molar-refractivity contribution in [2.75, 3.05) is 6.54 Å². The van der Waals surface area contributed by atoms with Crippen LogP contribution < -0.4 is 4.72 Å². The number of hydrogen-bond donors (Lipinski definition) is 2. The van der Waals surface area contributed by atoms with Crippen LogP contribution in [0.1, 0.15) is 6.92 Å². The predicted octanol–water partition coefficient (Wildman–Crippen LogP) is 1.25. The lowest BCUT2D eigenvalue weighted by Gasteiger charge is -2.09. The van der Waals surface area contributed by atoms with Crippen molar-refractivity contribution in [1.29, 1.82) is 0 Å². The van der Waals surface area contributed by atoms with Crippen molar-refractivity contribution in [3.63, 3.8) is 0 Å². The van der Waals surface area contributed by atoms with Crippen LogP contribution in [0.4, 0.5) is 5.69 Å². The fourth-order valence-electron chi connectivity index (χ4n) is 1.26. The number of halogens is 1. The average molecular weight is 323 g/mol. The van der Waals surface area contributed by atoms with Gasteiger partial charge in [0, 0.05) is 17.6 Å². The number of nitro groups is 1. The molecule has 0 aliphatic rings. The van der Waals surface area contributed by atoms with Gasteiger partial charge < -0.3 is 5.11 Å². The van der Waals surface area contributed by atoms with Crippen LogP contribution in [-0.4, -0.2) is 31.0 Å². The number of sulfonamides is 1. The fraction of sp³-hybridized carbons (Fsp3) is 0.300. The third-order valence-electron chi connectivity index (χ3n) is 2.41. The molecule has 0 heterocycles. The zero-order chi connectivity index (χ0) is 15.5. The van der Waals surface area contributed by atoms with Crippen LogP contribution in [0.3, 0.4) is 0 Å². The highest BCUT2D eigenvalue weighted by Crippen LogP contribution is 2.26. The molecular weight excluding hydrogens is 312 g/mol. The smallest absolute Gasteiger partial charge is 0.307 e. The highest BCUT2D eigenvalue weighted by atomic mass is 35.5. The minimum atomic E-state index is -4.19. The molecule has 1 atom stereocenters. The van der Waals surface area contributed by atoms with Gasteiger partial charge in [0.1, 0.15) is 0 Å². The van der Waals surface area contributed by atoms with E-state index in [1.54, 1.807) is 0 Å². The maximum atomic E-state index is 11.9. The maximum absolute atomic E-state index is 11.9. The molecule has 0 aromatic heterocycles. The molecular formula is C10H11ClN2O6S. The molecule has 0 saturated heterocycles. The first-order valence-electron chi connectivity index (χ1n) is 5.31. The van der Waals surface area contributed by atoms with E-state index in [2.05, 4.69) is 0 Å². The summed E-state index contributed by atoms with van der Waals surface area (Å²) in [6.45, 7) is 0.929. The Morgan fingerprint density at radius 3 is 2.65 bits per heavy atom. The van der Waals surface area contributed by atoms with Gasteiger partial charge in [-0.25, -0.2) is 13.1 Å². The summed E-state index contributed by atoms with van der Waals surface area (Å²) in [5.74, 6) is -2.14. The molecule has 10 heteroatoms.